The summed E-state index contributed by atoms with van der Waals surface area (Å²) >= 11 is 7.98. The number of nitrogens with two attached hydrogens (primary N) is 1. The molecule has 0 aromatic heterocycles. The molecular weight excluding hydrogens is 291 g/mol. The van der Waals surface area contributed by atoms with E-state index in [1.807, 2.05) is 0 Å². The Balaban J connectivity index is 2.89. The summed E-state index contributed by atoms with van der Waals surface area (Å²) in [5, 5.41) is 3.03. The van der Waals surface area contributed by atoms with Crippen LogP contribution < -0.4 is 11.1 Å². The summed E-state index contributed by atoms with van der Waals surface area (Å²) in [6.07, 6.45) is 2.08. The summed E-state index contributed by atoms with van der Waals surface area (Å²) in [5.41, 5.74) is 6.46. The Hall–Kier alpha value is -0.680. The van der Waals surface area contributed by atoms with Gasteiger partial charge in [0.1, 0.15) is 4.99 Å². The molecule has 2 nitrogen and oxygen atoms in total. The summed E-state index contributed by atoms with van der Waals surface area (Å²) in [7, 11) is 0. The van der Waals surface area contributed by atoms with Gasteiger partial charge in [-0.2, -0.15) is 0 Å². The van der Waals surface area contributed by atoms with Crippen LogP contribution in [0.2, 0.25) is 0 Å². The van der Waals surface area contributed by atoms with E-state index in [9.17, 15) is 4.39 Å². The largest absolute Gasteiger partial charge is 0.389 e. The minimum atomic E-state index is -0.346. The SMILES string of the molecule is CCCCNc1ccc(C(N)=S)c(Br)c1F. The molecule has 0 aliphatic carbocycles. The van der Waals surface area contributed by atoms with Crippen LogP contribution in [-0.4, -0.2) is 11.5 Å². The van der Waals surface area contributed by atoms with Gasteiger partial charge in [-0.15, -0.1) is 0 Å². The predicted molar refractivity (Wildman–Crippen MR) is 73.4 cm³/mol. The van der Waals surface area contributed by atoms with Crippen molar-refractivity contribution < 1.29 is 4.39 Å². The van der Waals surface area contributed by atoms with E-state index in [0.29, 0.717) is 15.7 Å². The lowest BCUT2D eigenvalue weighted by atomic mass is 10.2. The normalized spacial score (nSPS) is 10.2. The van der Waals surface area contributed by atoms with E-state index in [2.05, 4.69) is 28.2 Å². The van der Waals surface area contributed by atoms with Gasteiger partial charge in [0.05, 0.1) is 10.2 Å². The number of unbranched alkanes of at least 4 members (excludes halogenated alkanes) is 1. The summed E-state index contributed by atoms with van der Waals surface area (Å²) in [4.78, 5) is 0.186. The Morgan fingerprint density at radius 1 is 1.56 bits per heavy atom. The second-order valence-corrected chi connectivity index (χ2v) is 4.67. The molecule has 0 saturated heterocycles. The molecule has 0 spiro atoms. The maximum absolute atomic E-state index is 13.8. The summed E-state index contributed by atoms with van der Waals surface area (Å²) in [6, 6.07) is 3.37. The lowest BCUT2D eigenvalue weighted by Crippen LogP contribution is -2.12. The molecule has 0 amide bonds. The van der Waals surface area contributed by atoms with E-state index in [1.165, 1.54) is 0 Å². The molecule has 0 fully saturated rings. The summed E-state index contributed by atoms with van der Waals surface area (Å²) in [5.74, 6) is -0.346. The second-order valence-electron chi connectivity index (χ2n) is 3.43. The minimum Gasteiger partial charge on any atom is -0.389 e. The van der Waals surface area contributed by atoms with Crippen LogP contribution in [0.25, 0.3) is 0 Å². The molecule has 0 radical (unpaired) electrons. The van der Waals surface area contributed by atoms with Gasteiger partial charge in [-0.1, -0.05) is 25.6 Å². The van der Waals surface area contributed by atoms with Gasteiger partial charge in [-0.05, 0) is 34.5 Å². The van der Waals surface area contributed by atoms with Gasteiger partial charge in [0.15, 0.2) is 5.82 Å². The van der Waals surface area contributed by atoms with E-state index in [4.69, 9.17) is 18.0 Å². The number of nitrogens with one attached hydrogen (secondary N) is 1. The first kappa shape index (κ1) is 13.4. The number of benzene rings is 1. The van der Waals surface area contributed by atoms with Gasteiger partial charge < -0.3 is 11.1 Å². The average Bonchev–Trinajstić information content (AvgIpc) is 2.24. The fourth-order valence-corrected chi connectivity index (χ4v) is 2.14. The molecule has 88 valence electrons. The van der Waals surface area contributed by atoms with Crippen molar-refractivity contribution in [3.05, 3.63) is 28.0 Å². The average molecular weight is 305 g/mol. The van der Waals surface area contributed by atoms with Crippen molar-refractivity contribution in [2.45, 2.75) is 19.8 Å². The number of hydrogen-bond donors (Lipinski definition) is 2. The zero-order valence-electron chi connectivity index (χ0n) is 9.02. The van der Waals surface area contributed by atoms with Gasteiger partial charge in [0.2, 0.25) is 0 Å². The third-order valence-corrected chi connectivity index (χ3v) is 3.19. The Kier molecular flexibility index (Phi) is 5.15. The van der Waals surface area contributed by atoms with Gasteiger partial charge in [0.25, 0.3) is 0 Å². The Labute approximate surface area is 109 Å². The van der Waals surface area contributed by atoms with Gasteiger partial charge in [-0.25, -0.2) is 4.39 Å². The fraction of sp³-hybridized carbons (Fsp3) is 0.364. The number of rotatable bonds is 5. The van der Waals surface area contributed by atoms with E-state index in [-0.39, 0.29) is 10.8 Å². The van der Waals surface area contributed by atoms with Crippen LogP contribution in [0.15, 0.2) is 16.6 Å². The first-order chi connectivity index (χ1) is 7.57. The third-order valence-electron chi connectivity index (χ3n) is 2.19. The van der Waals surface area contributed by atoms with Crippen LogP contribution in [0, 0.1) is 5.82 Å². The Morgan fingerprint density at radius 3 is 2.81 bits per heavy atom. The Bertz CT molecular complexity index is 396. The van der Waals surface area contributed by atoms with Gasteiger partial charge >= 0.3 is 0 Å². The van der Waals surface area contributed by atoms with E-state index in [0.717, 1.165) is 19.4 Å². The lowest BCUT2D eigenvalue weighted by Gasteiger charge is -2.10. The molecule has 1 aromatic rings. The van der Waals surface area contributed by atoms with Crippen LogP contribution in [0.1, 0.15) is 25.3 Å². The molecule has 0 aliphatic heterocycles. The van der Waals surface area contributed by atoms with E-state index >= 15 is 0 Å². The molecule has 16 heavy (non-hydrogen) atoms. The molecule has 0 saturated carbocycles. The highest BCUT2D eigenvalue weighted by atomic mass is 79.9. The van der Waals surface area contributed by atoms with Crippen molar-refractivity contribution >= 4 is 38.8 Å². The zero-order chi connectivity index (χ0) is 12.1. The third kappa shape index (κ3) is 3.15. The van der Waals surface area contributed by atoms with Gasteiger partial charge in [-0.3, -0.25) is 0 Å². The highest BCUT2D eigenvalue weighted by molar-refractivity contribution is 9.10. The maximum atomic E-state index is 13.8. The van der Waals surface area contributed by atoms with Crippen molar-refractivity contribution in [3.63, 3.8) is 0 Å². The highest BCUT2D eigenvalue weighted by Crippen LogP contribution is 2.27. The molecule has 5 heteroatoms. The molecule has 0 aliphatic rings. The van der Waals surface area contributed by atoms with Crippen LogP contribution in [-0.2, 0) is 0 Å². The molecular formula is C11H14BrFN2S. The first-order valence-electron chi connectivity index (χ1n) is 5.09. The minimum absolute atomic E-state index is 0.186. The maximum Gasteiger partial charge on any atom is 0.161 e. The molecule has 0 heterocycles. The zero-order valence-corrected chi connectivity index (χ0v) is 11.4. The fourth-order valence-electron chi connectivity index (χ4n) is 1.28. The number of thiocarbonyl (C=S) groups is 1. The number of halogens is 2. The number of hydrogen-bond acceptors (Lipinski definition) is 2. The van der Waals surface area contributed by atoms with Crippen molar-refractivity contribution in [1.82, 2.24) is 0 Å². The smallest absolute Gasteiger partial charge is 0.161 e. The van der Waals surface area contributed by atoms with Crippen LogP contribution >= 0.6 is 28.1 Å². The van der Waals surface area contributed by atoms with E-state index < -0.39 is 0 Å². The second kappa shape index (κ2) is 6.15. The van der Waals surface area contributed by atoms with E-state index in [1.54, 1.807) is 12.1 Å². The summed E-state index contributed by atoms with van der Waals surface area (Å²) in [6.45, 7) is 2.84. The molecule has 3 N–H and O–H groups in total. The van der Waals surface area contributed by atoms with Crippen molar-refractivity contribution in [2.75, 3.05) is 11.9 Å². The lowest BCUT2D eigenvalue weighted by molar-refractivity contribution is 0.622. The molecule has 0 bridgehead atoms. The van der Waals surface area contributed by atoms with Crippen LogP contribution in [0.3, 0.4) is 0 Å². The summed E-state index contributed by atoms with van der Waals surface area (Å²) < 4.78 is 14.1. The van der Waals surface area contributed by atoms with Crippen LogP contribution in [0.4, 0.5) is 10.1 Å². The molecule has 1 rings (SSSR count). The van der Waals surface area contributed by atoms with Crippen molar-refractivity contribution in [3.8, 4) is 0 Å². The monoisotopic (exact) mass is 304 g/mol. The predicted octanol–water partition coefficient (Wildman–Crippen LogP) is 3.43. The van der Waals surface area contributed by atoms with Gasteiger partial charge in [0, 0.05) is 12.1 Å². The van der Waals surface area contributed by atoms with Crippen LogP contribution in [0.5, 0.6) is 0 Å². The molecule has 0 atom stereocenters. The standard InChI is InChI=1S/C11H14BrFN2S/c1-2-3-6-15-8-5-4-7(11(14)16)9(12)10(8)13/h4-5,15H,2-3,6H2,1H3,(H2,14,16). The first-order valence-corrected chi connectivity index (χ1v) is 6.29. The molecule has 0 unspecified atom stereocenters. The topological polar surface area (TPSA) is 38.0 Å². The molecule has 1 aromatic carbocycles. The Morgan fingerprint density at radius 2 is 2.25 bits per heavy atom. The quantitative estimate of drug-likeness (QED) is 0.646. The highest BCUT2D eigenvalue weighted by Gasteiger charge is 2.12. The van der Waals surface area contributed by atoms with Crippen molar-refractivity contribution in [1.29, 1.82) is 0 Å². The number of anilines is 1. The van der Waals surface area contributed by atoms with Crippen molar-refractivity contribution in [2.24, 2.45) is 5.73 Å².